The minimum absolute atomic E-state index is 0.865. The van der Waals surface area contributed by atoms with Crippen LogP contribution in [0.5, 0.6) is 5.75 Å². The first-order valence-corrected chi connectivity index (χ1v) is 6.10. The summed E-state index contributed by atoms with van der Waals surface area (Å²) < 4.78 is 5.16. The van der Waals surface area contributed by atoms with Crippen LogP contribution in [0, 0.1) is 0 Å². The third-order valence-electron chi connectivity index (χ3n) is 3.10. The van der Waals surface area contributed by atoms with E-state index in [1.54, 1.807) is 19.5 Å². The number of hydrogen-bond acceptors (Lipinski definition) is 2. The Bertz CT molecular complexity index is 657. The topological polar surface area (TPSA) is 37.9 Å². The van der Waals surface area contributed by atoms with Gasteiger partial charge in [-0.2, -0.15) is 0 Å². The SMILES string of the molecule is COc1ccc(-c2cc(-c3ccncc3)c[nH]2)cc1. The number of aromatic amines is 1. The molecule has 0 bridgehead atoms. The molecule has 3 nitrogen and oxygen atoms in total. The zero-order chi connectivity index (χ0) is 13.1. The first-order chi connectivity index (χ1) is 9.36. The van der Waals surface area contributed by atoms with Gasteiger partial charge in [-0.25, -0.2) is 0 Å². The average molecular weight is 250 g/mol. The van der Waals surface area contributed by atoms with Gasteiger partial charge in [-0.1, -0.05) is 0 Å². The van der Waals surface area contributed by atoms with E-state index in [1.807, 2.05) is 42.6 Å². The third kappa shape index (κ3) is 2.36. The van der Waals surface area contributed by atoms with Crippen LogP contribution < -0.4 is 4.74 Å². The number of H-pyrrole nitrogens is 1. The van der Waals surface area contributed by atoms with Crippen molar-refractivity contribution in [3.63, 3.8) is 0 Å². The molecule has 0 saturated carbocycles. The number of rotatable bonds is 3. The maximum atomic E-state index is 5.16. The normalized spacial score (nSPS) is 10.4. The van der Waals surface area contributed by atoms with Crippen molar-refractivity contribution in [3.8, 4) is 28.1 Å². The average Bonchev–Trinajstić information content (AvgIpc) is 2.98. The van der Waals surface area contributed by atoms with Crippen molar-refractivity contribution in [1.82, 2.24) is 9.97 Å². The summed E-state index contributed by atoms with van der Waals surface area (Å²) in [4.78, 5) is 7.33. The van der Waals surface area contributed by atoms with Gasteiger partial charge >= 0.3 is 0 Å². The van der Waals surface area contributed by atoms with Crippen LogP contribution in [-0.2, 0) is 0 Å². The minimum atomic E-state index is 0.865. The molecule has 0 aliphatic carbocycles. The Morgan fingerprint density at radius 1 is 0.895 bits per heavy atom. The van der Waals surface area contributed by atoms with Crippen LogP contribution in [0.1, 0.15) is 0 Å². The number of ether oxygens (including phenoxy) is 1. The number of aromatic nitrogens is 2. The Morgan fingerprint density at radius 2 is 1.63 bits per heavy atom. The quantitative estimate of drug-likeness (QED) is 0.768. The van der Waals surface area contributed by atoms with E-state index in [-0.39, 0.29) is 0 Å². The van der Waals surface area contributed by atoms with Crippen molar-refractivity contribution in [3.05, 3.63) is 61.1 Å². The van der Waals surface area contributed by atoms with Gasteiger partial charge in [-0.05, 0) is 59.2 Å². The van der Waals surface area contributed by atoms with E-state index in [0.717, 1.165) is 28.1 Å². The van der Waals surface area contributed by atoms with Gasteiger partial charge in [-0.3, -0.25) is 4.98 Å². The van der Waals surface area contributed by atoms with Crippen LogP contribution in [0.15, 0.2) is 61.1 Å². The molecule has 2 aromatic heterocycles. The summed E-state index contributed by atoms with van der Waals surface area (Å²) in [5.74, 6) is 0.865. The van der Waals surface area contributed by atoms with Gasteiger partial charge in [0.15, 0.2) is 0 Å². The monoisotopic (exact) mass is 250 g/mol. The summed E-state index contributed by atoms with van der Waals surface area (Å²) in [6, 6.07) is 14.1. The summed E-state index contributed by atoms with van der Waals surface area (Å²) in [6.07, 6.45) is 5.61. The van der Waals surface area contributed by atoms with Crippen molar-refractivity contribution in [2.45, 2.75) is 0 Å². The molecule has 0 radical (unpaired) electrons. The Labute approximate surface area is 111 Å². The smallest absolute Gasteiger partial charge is 0.118 e. The highest BCUT2D eigenvalue weighted by Gasteiger charge is 2.04. The van der Waals surface area contributed by atoms with Crippen LogP contribution in [0.4, 0.5) is 0 Å². The van der Waals surface area contributed by atoms with Crippen LogP contribution in [0.25, 0.3) is 22.4 Å². The highest BCUT2D eigenvalue weighted by molar-refractivity contribution is 5.71. The lowest BCUT2D eigenvalue weighted by atomic mass is 10.1. The molecule has 1 aromatic carbocycles. The Morgan fingerprint density at radius 3 is 2.32 bits per heavy atom. The van der Waals surface area contributed by atoms with Crippen LogP contribution in [0.3, 0.4) is 0 Å². The Balaban J connectivity index is 1.92. The predicted octanol–water partition coefficient (Wildman–Crippen LogP) is 3.75. The van der Waals surface area contributed by atoms with Gasteiger partial charge in [0, 0.05) is 24.3 Å². The minimum Gasteiger partial charge on any atom is -0.497 e. The lowest BCUT2D eigenvalue weighted by Gasteiger charge is -2.01. The zero-order valence-corrected chi connectivity index (χ0v) is 10.6. The second-order valence-electron chi connectivity index (χ2n) is 4.27. The zero-order valence-electron chi connectivity index (χ0n) is 10.6. The van der Waals surface area contributed by atoms with E-state index in [0.29, 0.717) is 0 Å². The van der Waals surface area contributed by atoms with Gasteiger partial charge in [0.1, 0.15) is 5.75 Å². The van der Waals surface area contributed by atoms with Gasteiger partial charge in [-0.15, -0.1) is 0 Å². The number of nitrogens with zero attached hydrogens (tertiary/aromatic N) is 1. The molecule has 1 N–H and O–H groups in total. The highest BCUT2D eigenvalue weighted by atomic mass is 16.5. The van der Waals surface area contributed by atoms with Crippen molar-refractivity contribution >= 4 is 0 Å². The number of benzene rings is 1. The molecule has 0 saturated heterocycles. The van der Waals surface area contributed by atoms with Crippen molar-refractivity contribution < 1.29 is 4.74 Å². The molecular weight excluding hydrogens is 236 g/mol. The van der Waals surface area contributed by atoms with E-state index in [9.17, 15) is 0 Å². The molecule has 0 fully saturated rings. The summed E-state index contributed by atoms with van der Waals surface area (Å²) in [7, 11) is 1.67. The molecule has 0 aliphatic rings. The fourth-order valence-corrected chi connectivity index (χ4v) is 2.04. The van der Waals surface area contributed by atoms with Crippen LogP contribution in [-0.4, -0.2) is 17.1 Å². The molecule has 0 amide bonds. The number of hydrogen-bond donors (Lipinski definition) is 1. The maximum absolute atomic E-state index is 5.16. The van der Waals surface area contributed by atoms with Crippen molar-refractivity contribution in [2.75, 3.05) is 7.11 Å². The van der Waals surface area contributed by atoms with Crippen molar-refractivity contribution in [1.29, 1.82) is 0 Å². The maximum Gasteiger partial charge on any atom is 0.118 e. The van der Waals surface area contributed by atoms with E-state index in [2.05, 4.69) is 16.0 Å². The molecular formula is C16H14N2O. The molecule has 3 aromatic rings. The molecule has 94 valence electrons. The molecule has 0 atom stereocenters. The fourth-order valence-electron chi connectivity index (χ4n) is 2.04. The molecule has 3 heteroatoms. The summed E-state index contributed by atoms with van der Waals surface area (Å²) >= 11 is 0. The molecule has 0 aliphatic heterocycles. The van der Waals surface area contributed by atoms with Crippen LogP contribution in [0.2, 0.25) is 0 Å². The number of pyridine rings is 1. The highest BCUT2D eigenvalue weighted by Crippen LogP contribution is 2.26. The predicted molar refractivity (Wildman–Crippen MR) is 76.0 cm³/mol. The largest absolute Gasteiger partial charge is 0.497 e. The summed E-state index contributed by atoms with van der Waals surface area (Å²) in [6.45, 7) is 0. The van der Waals surface area contributed by atoms with Gasteiger partial charge in [0.05, 0.1) is 7.11 Å². The Kier molecular flexibility index (Phi) is 3.02. The molecule has 2 heterocycles. The molecule has 19 heavy (non-hydrogen) atoms. The fraction of sp³-hybridized carbons (Fsp3) is 0.0625. The van der Waals surface area contributed by atoms with Crippen LogP contribution >= 0.6 is 0 Å². The standard InChI is InChI=1S/C16H14N2O/c1-19-15-4-2-13(3-5-15)16-10-14(11-18-16)12-6-8-17-9-7-12/h2-11,18H,1H3. The van der Waals surface area contributed by atoms with Gasteiger partial charge < -0.3 is 9.72 Å². The lowest BCUT2D eigenvalue weighted by molar-refractivity contribution is 0.415. The number of methoxy groups -OCH3 is 1. The van der Waals surface area contributed by atoms with Crippen molar-refractivity contribution in [2.24, 2.45) is 0 Å². The van der Waals surface area contributed by atoms with E-state index >= 15 is 0 Å². The van der Waals surface area contributed by atoms with E-state index in [4.69, 9.17) is 4.74 Å². The summed E-state index contributed by atoms with van der Waals surface area (Å²) in [5.41, 5.74) is 4.55. The van der Waals surface area contributed by atoms with E-state index < -0.39 is 0 Å². The Hall–Kier alpha value is -2.55. The number of nitrogens with one attached hydrogen (secondary N) is 1. The van der Waals surface area contributed by atoms with E-state index in [1.165, 1.54) is 0 Å². The summed E-state index contributed by atoms with van der Waals surface area (Å²) in [5, 5.41) is 0. The molecule has 0 unspecified atom stereocenters. The third-order valence-corrected chi connectivity index (χ3v) is 3.10. The second-order valence-corrected chi connectivity index (χ2v) is 4.27. The van der Waals surface area contributed by atoms with Gasteiger partial charge in [0.2, 0.25) is 0 Å². The molecule has 0 spiro atoms. The first-order valence-electron chi connectivity index (χ1n) is 6.10. The molecule has 3 rings (SSSR count). The lowest BCUT2D eigenvalue weighted by Crippen LogP contribution is -1.82. The second kappa shape index (κ2) is 4.98. The first kappa shape index (κ1) is 11.5. The van der Waals surface area contributed by atoms with Gasteiger partial charge in [0.25, 0.3) is 0 Å².